The minimum Gasteiger partial charge on any atom is -0.397 e. The van der Waals surface area contributed by atoms with Crippen LogP contribution in [-0.4, -0.2) is 11.0 Å². The molecule has 1 heterocycles. The highest BCUT2D eigenvalue weighted by Crippen LogP contribution is 2.26. The lowest BCUT2D eigenvalue weighted by Crippen LogP contribution is -2.20. The molecular weight excluding hydrogens is 367 g/mol. The summed E-state index contributed by atoms with van der Waals surface area (Å²) in [6, 6.07) is 5.92. The van der Waals surface area contributed by atoms with Gasteiger partial charge in [-0.2, -0.15) is 0 Å². The molecule has 2 amide bonds. The Hall–Kier alpha value is -1.50. The van der Waals surface area contributed by atoms with E-state index >= 15 is 0 Å². The highest BCUT2D eigenvalue weighted by molar-refractivity contribution is 9.10. The second-order valence-corrected chi connectivity index (χ2v) is 5.50. The minimum atomic E-state index is -0.493. The number of nitrogens with two attached hydrogens (primary N) is 1. The molecule has 0 spiro atoms. The number of nitrogens with one attached hydrogen (secondary N) is 2. The van der Waals surface area contributed by atoms with Crippen molar-refractivity contribution >= 4 is 62.4 Å². The van der Waals surface area contributed by atoms with Crippen LogP contribution in [0.5, 0.6) is 0 Å². The number of hydrogen-bond donors (Lipinski definition) is 3. The number of carbonyl (C=O) groups is 1. The molecular formula is C12H9BrCl2N4O. The Morgan fingerprint density at radius 1 is 1.25 bits per heavy atom. The predicted molar refractivity (Wildman–Crippen MR) is 85.5 cm³/mol. The molecule has 0 saturated carbocycles. The first kappa shape index (κ1) is 14.9. The quantitative estimate of drug-likeness (QED) is 0.728. The van der Waals surface area contributed by atoms with Gasteiger partial charge in [-0.15, -0.1) is 0 Å². The molecule has 2 rings (SSSR count). The summed E-state index contributed by atoms with van der Waals surface area (Å²) in [6.45, 7) is 0. The molecule has 8 heteroatoms. The average Bonchev–Trinajstić information content (AvgIpc) is 2.37. The van der Waals surface area contributed by atoms with Gasteiger partial charge in [-0.25, -0.2) is 9.78 Å². The van der Waals surface area contributed by atoms with Crippen molar-refractivity contribution in [2.75, 3.05) is 16.4 Å². The average molecular weight is 376 g/mol. The molecule has 5 nitrogen and oxygen atoms in total. The van der Waals surface area contributed by atoms with E-state index in [0.29, 0.717) is 31.7 Å². The standard InChI is InChI=1S/C12H9BrCl2N4O/c13-8-4-7(16)5-17-11(8)19-12(20)18-10-3-6(14)1-2-9(10)15/h1-5H,16H2,(H2,17,18,19,20). The van der Waals surface area contributed by atoms with Gasteiger partial charge in [0.15, 0.2) is 0 Å². The third kappa shape index (κ3) is 3.75. The predicted octanol–water partition coefficient (Wildman–Crippen LogP) is 4.38. The van der Waals surface area contributed by atoms with Gasteiger partial charge in [-0.3, -0.25) is 5.32 Å². The first-order valence-corrected chi connectivity index (χ1v) is 6.94. The monoisotopic (exact) mass is 374 g/mol. The van der Waals surface area contributed by atoms with E-state index in [-0.39, 0.29) is 0 Å². The molecule has 20 heavy (non-hydrogen) atoms. The van der Waals surface area contributed by atoms with Gasteiger partial charge in [0, 0.05) is 5.02 Å². The number of aromatic nitrogens is 1. The van der Waals surface area contributed by atoms with Crippen LogP contribution < -0.4 is 16.4 Å². The smallest absolute Gasteiger partial charge is 0.324 e. The lowest BCUT2D eigenvalue weighted by atomic mass is 10.3. The number of carbonyl (C=O) groups excluding carboxylic acids is 1. The van der Waals surface area contributed by atoms with Gasteiger partial charge >= 0.3 is 6.03 Å². The highest BCUT2D eigenvalue weighted by Gasteiger charge is 2.09. The van der Waals surface area contributed by atoms with Crippen molar-refractivity contribution in [1.29, 1.82) is 0 Å². The number of amides is 2. The van der Waals surface area contributed by atoms with Crippen molar-refractivity contribution < 1.29 is 4.79 Å². The molecule has 4 N–H and O–H groups in total. The molecule has 0 aliphatic rings. The van der Waals surface area contributed by atoms with Gasteiger partial charge in [0.1, 0.15) is 5.82 Å². The number of nitrogen functional groups attached to an aromatic ring is 1. The zero-order valence-corrected chi connectivity index (χ0v) is 13.1. The Morgan fingerprint density at radius 2 is 2.00 bits per heavy atom. The van der Waals surface area contributed by atoms with Gasteiger partial charge in [0.2, 0.25) is 0 Å². The Kier molecular flexibility index (Phi) is 4.69. The third-order valence-corrected chi connectivity index (χ3v) is 3.44. The van der Waals surface area contributed by atoms with E-state index in [4.69, 9.17) is 28.9 Å². The van der Waals surface area contributed by atoms with E-state index in [0.717, 1.165) is 0 Å². The van der Waals surface area contributed by atoms with Gasteiger partial charge in [-0.1, -0.05) is 23.2 Å². The summed E-state index contributed by atoms with van der Waals surface area (Å²) in [5, 5.41) is 6.00. The lowest BCUT2D eigenvalue weighted by molar-refractivity contribution is 0.262. The van der Waals surface area contributed by atoms with Crippen LogP contribution in [0, 0.1) is 0 Å². The molecule has 0 unspecified atom stereocenters. The van der Waals surface area contributed by atoms with Crippen LogP contribution in [-0.2, 0) is 0 Å². The summed E-state index contributed by atoms with van der Waals surface area (Å²) < 4.78 is 0.574. The van der Waals surface area contributed by atoms with Gasteiger partial charge in [0.25, 0.3) is 0 Å². The van der Waals surface area contributed by atoms with Gasteiger partial charge in [0.05, 0.1) is 27.1 Å². The molecule has 2 aromatic rings. The summed E-state index contributed by atoms with van der Waals surface area (Å²) in [6.07, 6.45) is 1.44. The molecule has 0 atom stereocenters. The van der Waals surface area contributed by atoms with E-state index < -0.39 is 6.03 Å². The van der Waals surface area contributed by atoms with Crippen molar-refractivity contribution in [2.45, 2.75) is 0 Å². The SMILES string of the molecule is Nc1cnc(NC(=O)Nc2cc(Cl)ccc2Cl)c(Br)c1. The number of rotatable bonds is 2. The molecule has 0 radical (unpaired) electrons. The summed E-state index contributed by atoms with van der Waals surface area (Å²) in [7, 11) is 0. The number of urea groups is 1. The maximum absolute atomic E-state index is 11.9. The number of hydrogen-bond acceptors (Lipinski definition) is 3. The van der Waals surface area contributed by atoms with Crippen LogP contribution in [0.3, 0.4) is 0 Å². The zero-order valence-electron chi connectivity index (χ0n) is 9.95. The third-order valence-electron chi connectivity index (χ3n) is 2.27. The van der Waals surface area contributed by atoms with E-state index in [1.54, 1.807) is 24.3 Å². The summed E-state index contributed by atoms with van der Waals surface area (Å²) in [5.74, 6) is 0.342. The van der Waals surface area contributed by atoms with E-state index in [9.17, 15) is 4.79 Å². The van der Waals surface area contributed by atoms with Crippen LogP contribution in [0.4, 0.5) is 22.0 Å². The topological polar surface area (TPSA) is 80.0 Å². The van der Waals surface area contributed by atoms with E-state index in [2.05, 4.69) is 31.5 Å². The summed E-state index contributed by atoms with van der Waals surface area (Å²) >= 11 is 15.0. The number of pyridine rings is 1. The largest absolute Gasteiger partial charge is 0.397 e. The van der Waals surface area contributed by atoms with Crippen molar-refractivity contribution in [3.63, 3.8) is 0 Å². The minimum absolute atomic E-state index is 0.342. The molecule has 0 bridgehead atoms. The number of benzene rings is 1. The van der Waals surface area contributed by atoms with Crippen LogP contribution >= 0.6 is 39.1 Å². The first-order chi connectivity index (χ1) is 9.45. The van der Waals surface area contributed by atoms with E-state index in [1.807, 2.05) is 0 Å². The van der Waals surface area contributed by atoms with Gasteiger partial charge < -0.3 is 11.1 Å². The van der Waals surface area contributed by atoms with Crippen molar-refractivity contribution in [3.8, 4) is 0 Å². The molecule has 1 aromatic carbocycles. The van der Waals surface area contributed by atoms with Crippen LogP contribution in [0.15, 0.2) is 34.9 Å². The van der Waals surface area contributed by atoms with Crippen molar-refractivity contribution in [1.82, 2.24) is 4.98 Å². The number of anilines is 3. The number of nitrogens with zero attached hydrogens (tertiary/aromatic N) is 1. The Bertz CT molecular complexity index is 666. The fraction of sp³-hybridized carbons (Fsp3) is 0. The second-order valence-electron chi connectivity index (χ2n) is 3.80. The fourth-order valence-electron chi connectivity index (χ4n) is 1.40. The molecule has 104 valence electrons. The summed E-state index contributed by atoms with van der Waals surface area (Å²) in [5.41, 5.74) is 6.46. The Balaban J connectivity index is 2.11. The van der Waals surface area contributed by atoms with E-state index in [1.165, 1.54) is 6.20 Å². The molecule has 0 saturated heterocycles. The molecule has 0 aliphatic carbocycles. The summed E-state index contributed by atoms with van der Waals surface area (Å²) in [4.78, 5) is 15.9. The normalized spacial score (nSPS) is 10.2. The van der Waals surface area contributed by atoms with Crippen molar-refractivity contribution in [2.24, 2.45) is 0 Å². The first-order valence-electron chi connectivity index (χ1n) is 5.40. The van der Waals surface area contributed by atoms with Crippen molar-refractivity contribution in [3.05, 3.63) is 45.0 Å². The van der Waals surface area contributed by atoms with Crippen LogP contribution in [0.2, 0.25) is 10.0 Å². The zero-order chi connectivity index (χ0) is 14.7. The van der Waals surface area contributed by atoms with Crippen LogP contribution in [0.1, 0.15) is 0 Å². The fourth-order valence-corrected chi connectivity index (χ4v) is 2.20. The van der Waals surface area contributed by atoms with Crippen LogP contribution in [0.25, 0.3) is 0 Å². The Morgan fingerprint density at radius 3 is 2.70 bits per heavy atom. The molecule has 1 aromatic heterocycles. The molecule has 0 fully saturated rings. The molecule has 0 aliphatic heterocycles. The maximum Gasteiger partial charge on any atom is 0.324 e. The maximum atomic E-state index is 11.9. The lowest BCUT2D eigenvalue weighted by Gasteiger charge is -2.10. The second kappa shape index (κ2) is 6.30. The highest BCUT2D eigenvalue weighted by atomic mass is 79.9. The Labute approximate surface area is 133 Å². The van der Waals surface area contributed by atoms with Gasteiger partial charge in [-0.05, 0) is 40.2 Å². The number of halogens is 3.